The first-order valence-electron chi connectivity index (χ1n) is 6.04. The summed E-state index contributed by atoms with van der Waals surface area (Å²) < 4.78 is 24.7. The van der Waals surface area contributed by atoms with Crippen LogP contribution in [-0.4, -0.2) is 24.2 Å². The zero-order valence-corrected chi connectivity index (χ0v) is 11.8. The van der Waals surface area contributed by atoms with Gasteiger partial charge in [-0.1, -0.05) is 0 Å². The summed E-state index contributed by atoms with van der Waals surface area (Å²) in [5.41, 5.74) is 1.98. The van der Waals surface area contributed by atoms with E-state index in [0.29, 0.717) is 6.54 Å². The number of rotatable bonds is 5. The molecule has 5 nitrogen and oxygen atoms in total. The maximum atomic E-state index is 11.3. The van der Waals surface area contributed by atoms with Crippen LogP contribution in [0.5, 0.6) is 0 Å². The molecule has 2 aromatic heterocycles. The Hall–Kier alpha value is -1.82. The van der Waals surface area contributed by atoms with Gasteiger partial charge in [0.1, 0.15) is 0 Å². The highest BCUT2D eigenvalue weighted by Crippen LogP contribution is 2.12. The first-order chi connectivity index (χ1) is 9.00. The Morgan fingerprint density at radius 2 is 2.11 bits per heavy atom. The topological polar surface area (TPSA) is 64.0 Å². The van der Waals surface area contributed by atoms with E-state index in [4.69, 9.17) is 0 Å². The van der Waals surface area contributed by atoms with E-state index in [9.17, 15) is 8.42 Å². The van der Waals surface area contributed by atoms with Gasteiger partial charge in [0.15, 0.2) is 14.9 Å². The fourth-order valence-corrected chi connectivity index (χ4v) is 2.37. The minimum atomic E-state index is -3.23. The number of nitrogens with one attached hydrogen (secondary N) is 1. The van der Waals surface area contributed by atoms with Crippen LogP contribution in [0.25, 0.3) is 0 Å². The highest BCUT2D eigenvalue weighted by molar-refractivity contribution is 7.90. The van der Waals surface area contributed by atoms with Gasteiger partial charge < -0.3 is 9.88 Å². The van der Waals surface area contributed by atoms with Gasteiger partial charge in [0, 0.05) is 24.7 Å². The van der Waals surface area contributed by atoms with Crippen molar-refractivity contribution in [2.24, 2.45) is 0 Å². The van der Waals surface area contributed by atoms with Crippen molar-refractivity contribution in [2.75, 3.05) is 11.6 Å². The zero-order chi connectivity index (χ0) is 13.9. The number of aryl methyl sites for hydroxylation is 1. The van der Waals surface area contributed by atoms with Crippen molar-refractivity contribution in [3.05, 3.63) is 42.4 Å². The Morgan fingerprint density at radius 1 is 1.32 bits per heavy atom. The van der Waals surface area contributed by atoms with Crippen molar-refractivity contribution < 1.29 is 8.42 Å². The van der Waals surface area contributed by atoms with Gasteiger partial charge in [0.05, 0.1) is 18.4 Å². The third kappa shape index (κ3) is 3.35. The normalized spacial score (nSPS) is 11.5. The van der Waals surface area contributed by atoms with Gasteiger partial charge in [-0.3, -0.25) is 0 Å². The Labute approximate surface area is 113 Å². The second-order valence-corrected chi connectivity index (χ2v) is 6.26. The summed E-state index contributed by atoms with van der Waals surface area (Å²) in [5, 5.41) is 3.31. The van der Waals surface area contributed by atoms with Crippen LogP contribution >= 0.6 is 0 Å². The van der Waals surface area contributed by atoms with Crippen LogP contribution in [0.15, 0.2) is 41.7 Å². The number of pyridine rings is 1. The molecule has 0 saturated carbocycles. The minimum absolute atomic E-state index is 0.0926. The summed E-state index contributed by atoms with van der Waals surface area (Å²) in [7, 11) is -3.23. The number of hydrogen-bond donors (Lipinski definition) is 1. The number of sulfone groups is 1. The van der Waals surface area contributed by atoms with Crippen molar-refractivity contribution in [3.63, 3.8) is 0 Å². The van der Waals surface area contributed by atoms with Crippen LogP contribution in [0.2, 0.25) is 0 Å². The molecule has 1 N–H and O–H groups in total. The van der Waals surface area contributed by atoms with Gasteiger partial charge >= 0.3 is 0 Å². The average molecular weight is 279 g/mol. The molecule has 2 rings (SSSR count). The zero-order valence-electron chi connectivity index (χ0n) is 11.0. The standard InChI is InChI=1S/C13H17N3O2S/c1-3-16-8-4-5-12(16)10-14-11-6-7-13(15-9-11)19(2,17)18/h4-9,14H,3,10H2,1-2H3. The lowest BCUT2D eigenvalue weighted by Crippen LogP contribution is -2.07. The highest BCUT2D eigenvalue weighted by Gasteiger charge is 2.08. The third-order valence-electron chi connectivity index (χ3n) is 2.85. The molecule has 0 spiro atoms. The van der Waals surface area contributed by atoms with Crippen LogP contribution in [0.4, 0.5) is 5.69 Å². The van der Waals surface area contributed by atoms with Gasteiger partial charge in [-0.05, 0) is 31.2 Å². The van der Waals surface area contributed by atoms with E-state index in [1.54, 1.807) is 6.07 Å². The number of hydrogen-bond acceptors (Lipinski definition) is 4. The molecule has 0 aromatic carbocycles. The van der Waals surface area contributed by atoms with E-state index >= 15 is 0 Å². The first kappa shape index (κ1) is 13.6. The lowest BCUT2D eigenvalue weighted by atomic mass is 10.3. The van der Waals surface area contributed by atoms with Gasteiger partial charge in [-0.25, -0.2) is 13.4 Å². The van der Waals surface area contributed by atoms with Crippen LogP contribution in [0.3, 0.4) is 0 Å². The molecule has 0 fully saturated rings. The molecule has 0 unspecified atom stereocenters. The molecule has 0 aliphatic heterocycles. The van der Waals surface area contributed by atoms with Crippen molar-refractivity contribution in [1.82, 2.24) is 9.55 Å². The largest absolute Gasteiger partial charge is 0.378 e. The van der Waals surface area contributed by atoms with Crippen molar-refractivity contribution >= 4 is 15.5 Å². The Balaban J connectivity index is 2.05. The van der Waals surface area contributed by atoms with E-state index in [0.717, 1.165) is 18.5 Å². The molecule has 19 heavy (non-hydrogen) atoms. The molecule has 102 valence electrons. The molecule has 0 amide bonds. The van der Waals surface area contributed by atoms with Gasteiger partial charge in [0.25, 0.3) is 0 Å². The van der Waals surface area contributed by atoms with E-state index in [1.165, 1.54) is 18.0 Å². The monoisotopic (exact) mass is 279 g/mol. The quantitative estimate of drug-likeness (QED) is 0.908. The fourth-order valence-electron chi connectivity index (χ4n) is 1.82. The van der Waals surface area contributed by atoms with Gasteiger partial charge in [0.2, 0.25) is 0 Å². The average Bonchev–Trinajstić information content (AvgIpc) is 2.83. The molecule has 2 heterocycles. The summed E-state index contributed by atoms with van der Waals surface area (Å²) >= 11 is 0. The molecular formula is C13H17N3O2S. The molecule has 2 aromatic rings. The first-order valence-corrected chi connectivity index (χ1v) is 7.94. The summed E-state index contributed by atoms with van der Waals surface area (Å²) in [5.74, 6) is 0. The number of anilines is 1. The third-order valence-corrected chi connectivity index (χ3v) is 3.86. The second kappa shape index (κ2) is 5.44. The van der Waals surface area contributed by atoms with Gasteiger partial charge in [-0.2, -0.15) is 0 Å². The smallest absolute Gasteiger partial charge is 0.192 e. The SMILES string of the molecule is CCn1cccc1CNc1ccc(S(C)(=O)=O)nc1. The lowest BCUT2D eigenvalue weighted by molar-refractivity contribution is 0.598. The number of nitrogens with zero attached hydrogens (tertiary/aromatic N) is 2. The molecule has 0 saturated heterocycles. The van der Waals surface area contributed by atoms with E-state index in [1.807, 2.05) is 12.3 Å². The lowest BCUT2D eigenvalue weighted by Gasteiger charge is -2.09. The Kier molecular flexibility index (Phi) is 3.90. The molecule has 0 aliphatic carbocycles. The summed E-state index contributed by atoms with van der Waals surface area (Å²) in [6.45, 7) is 3.70. The molecule has 0 radical (unpaired) electrons. The molecule has 6 heteroatoms. The summed E-state index contributed by atoms with van der Waals surface area (Å²) in [6.07, 6.45) is 4.72. The van der Waals surface area contributed by atoms with Crippen LogP contribution in [0.1, 0.15) is 12.6 Å². The Morgan fingerprint density at radius 3 is 2.68 bits per heavy atom. The molecule has 0 atom stereocenters. The maximum Gasteiger partial charge on any atom is 0.192 e. The minimum Gasteiger partial charge on any atom is -0.378 e. The maximum absolute atomic E-state index is 11.3. The second-order valence-electron chi connectivity index (χ2n) is 4.30. The van der Waals surface area contributed by atoms with Crippen LogP contribution < -0.4 is 5.32 Å². The molecule has 0 aliphatic rings. The molecular weight excluding hydrogens is 262 g/mol. The predicted octanol–water partition coefficient (Wildman–Crippen LogP) is 1.92. The van der Waals surface area contributed by atoms with E-state index in [2.05, 4.69) is 27.9 Å². The Bertz CT molecular complexity index is 645. The van der Waals surface area contributed by atoms with Gasteiger partial charge in [-0.15, -0.1) is 0 Å². The molecule has 0 bridgehead atoms. The predicted molar refractivity (Wildman–Crippen MR) is 74.8 cm³/mol. The fraction of sp³-hybridized carbons (Fsp3) is 0.308. The van der Waals surface area contributed by atoms with Crippen molar-refractivity contribution in [3.8, 4) is 0 Å². The summed E-state index contributed by atoms with van der Waals surface area (Å²) in [4.78, 5) is 3.94. The summed E-state index contributed by atoms with van der Waals surface area (Å²) in [6, 6.07) is 7.29. The van der Waals surface area contributed by atoms with E-state index < -0.39 is 9.84 Å². The highest BCUT2D eigenvalue weighted by atomic mass is 32.2. The van der Waals surface area contributed by atoms with E-state index in [-0.39, 0.29) is 5.03 Å². The number of aromatic nitrogens is 2. The van der Waals surface area contributed by atoms with Crippen molar-refractivity contribution in [2.45, 2.75) is 25.0 Å². The van der Waals surface area contributed by atoms with Crippen molar-refractivity contribution in [1.29, 1.82) is 0 Å². The van der Waals surface area contributed by atoms with Crippen LogP contribution in [-0.2, 0) is 22.9 Å². The van der Waals surface area contributed by atoms with Crippen LogP contribution in [0, 0.1) is 0 Å².